The summed E-state index contributed by atoms with van der Waals surface area (Å²) in [4.78, 5) is 29.0. The van der Waals surface area contributed by atoms with Crippen molar-refractivity contribution in [1.29, 1.82) is 0 Å². The van der Waals surface area contributed by atoms with E-state index in [4.69, 9.17) is 14.2 Å². The second kappa shape index (κ2) is 9.59. The average molecular weight is 540 g/mol. The molecule has 7 rings (SSSR count). The topological polar surface area (TPSA) is 85.3 Å². The summed E-state index contributed by atoms with van der Waals surface area (Å²) in [7, 11) is 0. The van der Waals surface area contributed by atoms with Crippen LogP contribution in [0.25, 0.3) is 0 Å². The number of Topliss-reactive ketones (excluding diaryl/α,β-unsaturated/α-hetero) is 1. The highest BCUT2D eigenvalue weighted by Gasteiger charge is 2.76. The van der Waals surface area contributed by atoms with Crippen molar-refractivity contribution in [1.82, 2.24) is 4.90 Å². The minimum absolute atomic E-state index is 0.0271. The van der Waals surface area contributed by atoms with Crippen molar-refractivity contribution in [3.8, 4) is 0 Å². The van der Waals surface area contributed by atoms with E-state index >= 15 is 0 Å². The molecule has 2 aliphatic heterocycles. The van der Waals surface area contributed by atoms with Gasteiger partial charge in [0.2, 0.25) is 0 Å². The van der Waals surface area contributed by atoms with Crippen molar-refractivity contribution in [2.75, 3.05) is 32.8 Å². The van der Waals surface area contributed by atoms with Crippen molar-refractivity contribution < 1.29 is 28.9 Å². The van der Waals surface area contributed by atoms with Crippen LogP contribution in [0.15, 0.2) is 23.8 Å². The summed E-state index contributed by atoms with van der Waals surface area (Å²) in [5.41, 5.74) is -0.721. The third kappa shape index (κ3) is 3.86. The molecular formula is C32H45NO6. The van der Waals surface area contributed by atoms with E-state index in [1.54, 1.807) is 6.08 Å². The molecule has 39 heavy (non-hydrogen) atoms. The van der Waals surface area contributed by atoms with Crippen LogP contribution in [0.2, 0.25) is 0 Å². The largest absolute Gasteiger partial charge is 0.393 e. The quantitative estimate of drug-likeness (QED) is 0.544. The molecule has 7 aliphatic rings. The standard InChI is InChI=1S/C32H45NO6/c1-30-11-10-22(34)16-21(30)8-9-23-24-17-27-32(31(24,2)18-25(35)28(23)30,26(36)19-33-12-14-37-15-13-33)39-29(38-27)20-6-4-3-5-7-20/h8,10-11,20,23-25,27-29,35H,3-7,9,12-19H2,1-2H3/t23-,24-,25-,27+,28+,29+,30-,31-,32+/m0/s1. The third-order valence-electron chi connectivity index (χ3n) is 12.1. The first-order valence-corrected chi connectivity index (χ1v) is 15.5. The molecule has 0 unspecified atom stereocenters. The van der Waals surface area contributed by atoms with Gasteiger partial charge in [0.15, 0.2) is 23.5 Å². The number of morpholine rings is 1. The molecule has 0 amide bonds. The predicted octanol–water partition coefficient (Wildman–Crippen LogP) is 3.84. The molecule has 0 aromatic heterocycles. The molecule has 214 valence electrons. The third-order valence-corrected chi connectivity index (χ3v) is 12.1. The molecule has 1 N–H and O–H groups in total. The van der Waals surface area contributed by atoms with E-state index < -0.39 is 17.1 Å². The van der Waals surface area contributed by atoms with Gasteiger partial charge in [-0.1, -0.05) is 50.8 Å². The van der Waals surface area contributed by atoms with Crippen LogP contribution in [0.1, 0.15) is 71.6 Å². The first kappa shape index (κ1) is 26.5. The lowest BCUT2D eigenvalue weighted by Crippen LogP contribution is -2.64. The molecule has 2 heterocycles. The number of fused-ring (bicyclic) bond motifs is 7. The summed E-state index contributed by atoms with van der Waals surface area (Å²) < 4.78 is 19.4. The Balaban J connectivity index is 1.25. The van der Waals surface area contributed by atoms with E-state index in [2.05, 4.69) is 30.9 Å². The van der Waals surface area contributed by atoms with Crippen LogP contribution in [0.4, 0.5) is 0 Å². The van der Waals surface area contributed by atoms with Crippen LogP contribution < -0.4 is 0 Å². The highest BCUT2D eigenvalue weighted by atomic mass is 16.7. The smallest absolute Gasteiger partial charge is 0.181 e. The molecule has 7 nitrogen and oxygen atoms in total. The predicted molar refractivity (Wildman–Crippen MR) is 145 cm³/mol. The van der Waals surface area contributed by atoms with E-state index in [1.807, 2.05) is 0 Å². The number of carbonyl (C=O) groups is 2. The number of rotatable bonds is 4. The minimum atomic E-state index is -1.03. The minimum Gasteiger partial charge on any atom is -0.393 e. The fourth-order valence-electron chi connectivity index (χ4n) is 10.2. The summed E-state index contributed by atoms with van der Waals surface area (Å²) in [6, 6.07) is 0. The number of ether oxygens (including phenoxy) is 3. The second-order valence-electron chi connectivity index (χ2n) is 14.0. The first-order chi connectivity index (χ1) is 18.8. The number of aliphatic hydroxyl groups is 1. The molecule has 2 saturated heterocycles. The van der Waals surface area contributed by atoms with Gasteiger partial charge in [-0.15, -0.1) is 0 Å². The van der Waals surface area contributed by atoms with Gasteiger partial charge in [-0.2, -0.15) is 0 Å². The average Bonchev–Trinajstić information content (AvgIpc) is 3.43. The lowest BCUT2D eigenvalue weighted by Gasteiger charge is -2.59. The second-order valence-corrected chi connectivity index (χ2v) is 14.0. The Morgan fingerprint density at radius 1 is 1.15 bits per heavy atom. The van der Waals surface area contributed by atoms with Crippen molar-refractivity contribution in [2.24, 2.45) is 34.5 Å². The van der Waals surface area contributed by atoms with E-state index in [0.29, 0.717) is 38.5 Å². The maximum atomic E-state index is 14.6. The van der Waals surface area contributed by atoms with Crippen LogP contribution in [-0.4, -0.2) is 78.5 Å². The number of allylic oxidation sites excluding steroid dienone is 4. The summed E-state index contributed by atoms with van der Waals surface area (Å²) >= 11 is 0. The Morgan fingerprint density at radius 2 is 1.92 bits per heavy atom. The van der Waals surface area contributed by atoms with Crippen molar-refractivity contribution in [2.45, 2.75) is 95.7 Å². The van der Waals surface area contributed by atoms with Crippen LogP contribution in [0.5, 0.6) is 0 Å². The number of nitrogens with zero attached hydrogens (tertiary/aromatic N) is 1. The maximum Gasteiger partial charge on any atom is 0.181 e. The van der Waals surface area contributed by atoms with Gasteiger partial charge in [-0.3, -0.25) is 14.5 Å². The van der Waals surface area contributed by atoms with Crippen molar-refractivity contribution in [3.63, 3.8) is 0 Å². The number of hydrogen-bond acceptors (Lipinski definition) is 7. The Bertz CT molecular complexity index is 1070. The molecule has 0 aromatic rings. The molecule has 7 heteroatoms. The highest BCUT2D eigenvalue weighted by Crippen LogP contribution is 2.69. The van der Waals surface area contributed by atoms with E-state index in [0.717, 1.165) is 44.3 Å². The Hall–Kier alpha value is -1.38. The van der Waals surface area contributed by atoms with Gasteiger partial charge >= 0.3 is 0 Å². The number of aliphatic hydroxyl groups excluding tert-OH is 1. The zero-order chi connectivity index (χ0) is 27.0. The van der Waals surface area contributed by atoms with Crippen LogP contribution in [-0.2, 0) is 23.8 Å². The summed E-state index contributed by atoms with van der Waals surface area (Å²) in [5.74, 6) is 1.06. The Labute approximate surface area is 232 Å². The van der Waals surface area contributed by atoms with Crippen LogP contribution in [0, 0.1) is 34.5 Å². The Morgan fingerprint density at radius 3 is 2.69 bits per heavy atom. The first-order valence-electron chi connectivity index (χ1n) is 15.5. The molecule has 0 spiro atoms. The SMILES string of the molecule is C[C@]12C=CC(=O)CC1=CC[C@@H]1[C@@H]2[C@@H](O)C[C@@]2(C)[C@H]1C[C@H]1O[C@@H](C3CCCCC3)O[C@]12C(=O)CN1CCOCC1. The molecule has 3 saturated carbocycles. The fourth-order valence-corrected chi connectivity index (χ4v) is 10.2. The van der Waals surface area contributed by atoms with E-state index in [1.165, 1.54) is 19.3 Å². The van der Waals surface area contributed by atoms with E-state index in [9.17, 15) is 14.7 Å². The van der Waals surface area contributed by atoms with Gasteiger partial charge in [0.05, 0.1) is 32.0 Å². The van der Waals surface area contributed by atoms with Gasteiger partial charge in [-0.05, 0) is 50.0 Å². The zero-order valence-electron chi connectivity index (χ0n) is 23.6. The van der Waals surface area contributed by atoms with Crippen molar-refractivity contribution in [3.05, 3.63) is 23.8 Å². The number of ketones is 2. The molecule has 0 aromatic carbocycles. The normalized spacial score (nSPS) is 48.2. The van der Waals surface area contributed by atoms with Gasteiger partial charge in [0.25, 0.3) is 0 Å². The maximum absolute atomic E-state index is 14.6. The molecule has 5 aliphatic carbocycles. The monoisotopic (exact) mass is 539 g/mol. The molecule has 0 bridgehead atoms. The number of carbonyl (C=O) groups excluding carboxylic acids is 2. The molecule has 0 radical (unpaired) electrons. The molecule has 9 atom stereocenters. The van der Waals surface area contributed by atoms with E-state index in [-0.39, 0.29) is 47.1 Å². The number of hydrogen-bond donors (Lipinski definition) is 1. The van der Waals surface area contributed by atoms with Gasteiger partial charge in [0, 0.05) is 42.2 Å². The highest BCUT2D eigenvalue weighted by molar-refractivity contribution is 5.93. The molecular weight excluding hydrogens is 494 g/mol. The van der Waals surface area contributed by atoms with Gasteiger partial charge < -0.3 is 19.3 Å². The van der Waals surface area contributed by atoms with Crippen molar-refractivity contribution >= 4 is 11.6 Å². The van der Waals surface area contributed by atoms with Gasteiger partial charge in [-0.25, -0.2) is 0 Å². The van der Waals surface area contributed by atoms with Crippen LogP contribution >= 0.6 is 0 Å². The summed E-state index contributed by atoms with van der Waals surface area (Å²) in [5, 5.41) is 12.0. The lowest BCUT2D eigenvalue weighted by atomic mass is 9.47. The van der Waals surface area contributed by atoms with Gasteiger partial charge in [0.1, 0.15) is 0 Å². The zero-order valence-corrected chi connectivity index (χ0v) is 23.6. The summed E-state index contributed by atoms with van der Waals surface area (Å²) in [6.45, 7) is 7.58. The fraction of sp³-hybridized carbons (Fsp3) is 0.812. The molecule has 5 fully saturated rings. The Kier molecular flexibility index (Phi) is 6.52. The van der Waals surface area contributed by atoms with Crippen LogP contribution in [0.3, 0.4) is 0 Å². The summed E-state index contributed by atoms with van der Waals surface area (Å²) in [6.07, 6.45) is 13.3. The lowest BCUT2D eigenvalue weighted by molar-refractivity contribution is -0.207.